The summed E-state index contributed by atoms with van der Waals surface area (Å²) in [6.07, 6.45) is 6.30. The number of carbonyl (C=O) groups excluding carboxylic acids is 1. The van der Waals surface area contributed by atoms with Crippen LogP contribution >= 0.6 is 0 Å². The number of hydrogen-bond donors (Lipinski definition) is 0. The van der Waals surface area contributed by atoms with E-state index >= 15 is 0 Å². The van der Waals surface area contributed by atoms with Crippen LogP contribution in [-0.2, 0) is 11.2 Å². The van der Waals surface area contributed by atoms with Gasteiger partial charge in [0, 0.05) is 25.1 Å². The van der Waals surface area contributed by atoms with Crippen LogP contribution in [0.25, 0.3) is 0 Å². The molecule has 0 aliphatic heterocycles. The number of rotatable bonds is 7. The van der Waals surface area contributed by atoms with Crippen molar-refractivity contribution in [2.75, 3.05) is 0 Å². The SMILES string of the molecule is CCC(=O)CCCc1ccn(C(C)CC)n1. The Labute approximate surface area is 97.8 Å². The monoisotopic (exact) mass is 222 g/mol. The summed E-state index contributed by atoms with van der Waals surface area (Å²) in [5.41, 5.74) is 1.10. The van der Waals surface area contributed by atoms with Crippen molar-refractivity contribution in [2.45, 2.75) is 58.9 Å². The third-order valence-electron chi connectivity index (χ3n) is 2.99. The van der Waals surface area contributed by atoms with E-state index in [9.17, 15) is 4.79 Å². The Morgan fingerprint density at radius 3 is 2.88 bits per heavy atom. The number of nitrogens with zero attached hydrogens (tertiary/aromatic N) is 2. The van der Waals surface area contributed by atoms with Gasteiger partial charge >= 0.3 is 0 Å². The maximum absolute atomic E-state index is 11.1. The molecule has 0 aromatic carbocycles. The van der Waals surface area contributed by atoms with Gasteiger partial charge in [-0.25, -0.2) is 0 Å². The van der Waals surface area contributed by atoms with Crippen molar-refractivity contribution in [1.29, 1.82) is 0 Å². The molecule has 3 nitrogen and oxygen atoms in total. The van der Waals surface area contributed by atoms with Crippen LogP contribution in [0.1, 0.15) is 58.2 Å². The predicted octanol–water partition coefficient (Wildman–Crippen LogP) is 3.16. The standard InChI is InChI=1S/C13H22N2O/c1-4-11(3)15-10-9-12(14-15)7-6-8-13(16)5-2/h9-11H,4-8H2,1-3H3. The highest BCUT2D eigenvalue weighted by atomic mass is 16.1. The summed E-state index contributed by atoms with van der Waals surface area (Å²) in [4.78, 5) is 11.1. The van der Waals surface area contributed by atoms with Gasteiger partial charge in [0.25, 0.3) is 0 Å². The molecule has 90 valence electrons. The number of hydrogen-bond acceptors (Lipinski definition) is 2. The van der Waals surface area contributed by atoms with Gasteiger partial charge in [-0.1, -0.05) is 13.8 Å². The zero-order valence-corrected chi connectivity index (χ0v) is 10.6. The number of carbonyl (C=O) groups is 1. The lowest BCUT2D eigenvalue weighted by molar-refractivity contribution is -0.118. The van der Waals surface area contributed by atoms with E-state index in [2.05, 4.69) is 25.0 Å². The zero-order valence-electron chi connectivity index (χ0n) is 10.6. The molecule has 1 aromatic heterocycles. The molecule has 3 heteroatoms. The van der Waals surface area contributed by atoms with Gasteiger partial charge in [-0.15, -0.1) is 0 Å². The quantitative estimate of drug-likeness (QED) is 0.710. The summed E-state index contributed by atoms with van der Waals surface area (Å²) in [5.74, 6) is 0.348. The molecule has 0 amide bonds. The van der Waals surface area contributed by atoms with E-state index in [-0.39, 0.29) is 0 Å². The van der Waals surface area contributed by atoms with Crippen LogP contribution in [0.3, 0.4) is 0 Å². The van der Waals surface area contributed by atoms with Crippen LogP contribution in [0.15, 0.2) is 12.3 Å². The normalized spacial score (nSPS) is 12.7. The average Bonchev–Trinajstić information content (AvgIpc) is 2.76. The van der Waals surface area contributed by atoms with Gasteiger partial charge in [0.15, 0.2) is 0 Å². The maximum Gasteiger partial charge on any atom is 0.132 e. The zero-order chi connectivity index (χ0) is 12.0. The van der Waals surface area contributed by atoms with Crippen molar-refractivity contribution in [3.05, 3.63) is 18.0 Å². The van der Waals surface area contributed by atoms with Crippen LogP contribution in [0.2, 0.25) is 0 Å². The van der Waals surface area contributed by atoms with Crippen molar-refractivity contribution in [1.82, 2.24) is 9.78 Å². The summed E-state index contributed by atoms with van der Waals surface area (Å²) < 4.78 is 2.01. The van der Waals surface area contributed by atoms with E-state index in [0.717, 1.165) is 25.0 Å². The Balaban J connectivity index is 2.37. The fraction of sp³-hybridized carbons (Fsp3) is 0.692. The van der Waals surface area contributed by atoms with Crippen molar-refractivity contribution >= 4 is 5.78 Å². The second-order valence-electron chi connectivity index (χ2n) is 4.29. The molecule has 1 rings (SSSR count). The second-order valence-corrected chi connectivity index (χ2v) is 4.29. The van der Waals surface area contributed by atoms with E-state index in [4.69, 9.17) is 0 Å². The Hall–Kier alpha value is -1.12. The first-order valence-corrected chi connectivity index (χ1v) is 6.23. The highest BCUT2D eigenvalue weighted by Crippen LogP contribution is 2.10. The van der Waals surface area contributed by atoms with Crippen molar-refractivity contribution in [3.63, 3.8) is 0 Å². The van der Waals surface area contributed by atoms with E-state index in [1.54, 1.807) is 0 Å². The lowest BCUT2D eigenvalue weighted by atomic mass is 10.1. The number of aryl methyl sites for hydroxylation is 1. The topological polar surface area (TPSA) is 34.9 Å². The second kappa shape index (κ2) is 6.46. The smallest absolute Gasteiger partial charge is 0.132 e. The third kappa shape index (κ3) is 3.80. The third-order valence-corrected chi connectivity index (χ3v) is 2.99. The molecule has 0 saturated heterocycles. The fourth-order valence-corrected chi connectivity index (χ4v) is 1.59. The Kier molecular flexibility index (Phi) is 5.23. The van der Waals surface area contributed by atoms with Crippen LogP contribution in [0.5, 0.6) is 0 Å². The Morgan fingerprint density at radius 2 is 2.25 bits per heavy atom. The summed E-state index contributed by atoms with van der Waals surface area (Å²) in [5, 5.41) is 4.51. The molecule has 0 aliphatic rings. The summed E-state index contributed by atoms with van der Waals surface area (Å²) in [7, 11) is 0. The predicted molar refractivity (Wildman–Crippen MR) is 65.5 cm³/mol. The number of aromatic nitrogens is 2. The Morgan fingerprint density at radius 1 is 1.50 bits per heavy atom. The molecule has 1 aromatic rings. The number of Topliss-reactive ketones (excluding diaryl/α,β-unsaturated/α-hetero) is 1. The van der Waals surface area contributed by atoms with E-state index in [1.165, 1.54) is 0 Å². The van der Waals surface area contributed by atoms with E-state index in [0.29, 0.717) is 24.7 Å². The molecule has 0 spiro atoms. The van der Waals surface area contributed by atoms with Gasteiger partial charge in [-0.2, -0.15) is 5.10 Å². The molecule has 0 saturated carbocycles. The first kappa shape index (κ1) is 12.9. The van der Waals surface area contributed by atoms with E-state index in [1.807, 2.05) is 17.8 Å². The van der Waals surface area contributed by atoms with Crippen LogP contribution in [0.4, 0.5) is 0 Å². The van der Waals surface area contributed by atoms with Gasteiger partial charge in [0.05, 0.1) is 5.69 Å². The molecule has 0 aliphatic carbocycles. The van der Waals surface area contributed by atoms with Crippen molar-refractivity contribution in [2.24, 2.45) is 0 Å². The van der Waals surface area contributed by atoms with Gasteiger partial charge < -0.3 is 0 Å². The highest BCUT2D eigenvalue weighted by Gasteiger charge is 2.05. The fourth-order valence-electron chi connectivity index (χ4n) is 1.59. The van der Waals surface area contributed by atoms with Crippen LogP contribution < -0.4 is 0 Å². The molecule has 0 N–H and O–H groups in total. The summed E-state index contributed by atoms with van der Waals surface area (Å²) in [6, 6.07) is 2.52. The molecular weight excluding hydrogens is 200 g/mol. The molecule has 16 heavy (non-hydrogen) atoms. The van der Waals surface area contributed by atoms with Gasteiger partial charge in [-0.05, 0) is 32.3 Å². The van der Waals surface area contributed by atoms with Crippen LogP contribution in [0, 0.1) is 0 Å². The molecule has 1 unspecified atom stereocenters. The maximum atomic E-state index is 11.1. The molecule has 0 radical (unpaired) electrons. The summed E-state index contributed by atoms with van der Waals surface area (Å²) in [6.45, 7) is 6.24. The highest BCUT2D eigenvalue weighted by molar-refractivity contribution is 5.77. The first-order chi connectivity index (χ1) is 7.67. The summed E-state index contributed by atoms with van der Waals surface area (Å²) >= 11 is 0. The lowest BCUT2D eigenvalue weighted by Crippen LogP contribution is -2.05. The minimum atomic E-state index is 0.348. The minimum absolute atomic E-state index is 0.348. The minimum Gasteiger partial charge on any atom is -0.300 e. The van der Waals surface area contributed by atoms with Crippen molar-refractivity contribution < 1.29 is 4.79 Å². The molecule has 0 fully saturated rings. The Bertz CT molecular complexity index is 330. The largest absolute Gasteiger partial charge is 0.300 e. The van der Waals surface area contributed by atoms with Crippen molar-refractivity contribution in [3.8, 4) is 0 Å². The molecule has 1 heterocycles. The first-order valence-electron chi connectivity index (χ1n) is 6.23. The van der Waals surface area contributed by atoms with E-state index < -0.39 is 0 Å². The number of ketones is 1. The molecule has 0 bridgehead atoms. The average molecular weight is 222 g/mol. The van der Waals surface area contributed by atoms with Gasteiger partial charge in [0.1, 0.15) is 5.78 Å². The van der Waals surface area contributed by atoms with Gasteiger partial charge in [0.2, 0.25) is 0 Å². The molecular formula is C13H22N2O. The van der Waals surface area contributed by atoms with Gasteiger partial charge in [-0.3, -0.25) is 9.48 Å². The van der Waals surface area contributed by atoms with Crippen LogP contribution in [-0.4, -0.2) is 15.6 Å². The lowest BCUT2D eigenvalue weighted by Gasteiger charge is -2.07. The molecule has 1 atom stereocenters.